The first kappa shape index (κ1) is 23.5. The molecule has 2 aromatic carbocycles. The van der Waals surface area contributed by atoms with Crippen molar-refractivity contribution in [3.05, 3.63) is 56.0 Å². The fourth-order valence-corrected chi connectivity index (χ4v) is 4.15. The number of amides is 2. The van der Waals surface area contributed by atoms with Crippen molar-refractivity contribution in [3.63, 3.8) is 0 Å². The number of rotatable bonds is 6. The van der Waals surface area contributed by atoms with Crippen LogP contribution in [0, 0.1) is 0 Å². The zero-order chi connectivity index (χ0) is 22.7. The molecule has 0 bridgehead atoms. The van der Waals surface area contributed by atoms with Gasteiger partial charge in [0, 0.05) is 0 Å². The van der Waals surface area contributed by atoms with Crippen molar-refractivity contribution in [2.75, 3.05) is 18.1 Å². The van der Waals surface area contributed by atoms with Crippen LogP contribution >= 0.6 is 51.3 Å². The summed E-state index contributed by atoms with van der Waals surface area (Å²) in [5.41, 5.74) is 0.711. The summed E-state index contributed by atoms with van der Waals surface area (Å²) in [6.45, 7) is 4.58. The number of nitrogens with one attached hydrogen (secondary N) is 1. The van der Waals surface area contributed by atoms with E-state index < -0.39 is 11.8 Å². The molecule has 0 saturated carbocycles. The van der Waals surface area contributed by atoms with E-state index in [-0.39, 0.29) is 26.4 Å². The first-order valence-electron chi connectivity index (χ1n) is 9.23. The summed E-state index contributed by atoms with van der Waals surface area (Å²) in [5, 5.41) is 2.85. The van der Waals surface area contributed by atoms with Gasteiger partial charge in [0.05, 0.1) is 33.4 Å². The molecule has 2 amide bonds. The van der Waals surface area contributed by atoms with Crippen molar-refractivity contribution in [2.24, 2.45) is 0 Å². The topological polar surface area (TPSA) is 67.9 Å². The van der Waals surface area contributed by atoms with Crippen LogP contribution in [0.2, 0.25) is 10.0 Å². The minimum atomic E-state index is -0.624. The van der Waals surface area contributed by atoms with Crippen LogP contribution < -0.4 is 19.7 Å². The number of carbonyl (C=O) groups is 2. The van der Waals surface area contributed by atoms with Crippen LogP contribution in [-0.2, 0) is 9.59 Å². The summed E-state index contributed by atoms with van der Waals surface area (Å²) < 4.78 is 11.9. The second kappa shape index (κ2) is 9.99. The van der Waals surface area contributed by atoms with Gasteiger partial charge in [-0.25, -0.2) is 0 Å². The lowest BCUT2D eigenvalue weighted by Gasteiger charge is -2.29. The Kier molecular flexibility index (Phi) is 7.59. The van der Waals surface area contributed by atoms with Gasteiger partial charge in [0.25, 0.3) is 11.8 Å². The molecule has 162 valence electrons. The monoisotopic (exact) mass is 542 g/mol. The van der Waals surface area contributed by atoms with Crippen molar-refractivity contribution in [2.45, 2.75) is 13.8 Å². The van der Waals surface area contributed by atoms with Crippen molar-refractivity contribution < 1.29 is 19.1 Å². The Morgan fingerprint density at radius 1 is 1.16 bits per heavy atom. The second-order valence-corrected chi connectivity index (χ2v) is 8.25. The van der Waals surface area contributed by atoms with Crippen LogP contribution in [0.4, 0.5) is 5.69 Å². The lowest BCUT2D eigenvalue weighted by molar-refractivity contribution is -0.122. The number of halogens is 3. The maximum Gasteiger partial charge on any atom is 0.270 e. The highest BCUT2D eigenvalue weighted by molar-refractivity contribution is 9.10. The summed E-state index contributed by atoms with van der Waals surface area (Å²) in [6, 6.07) is 8.24. The fourth-order valence-electron chi connectivity index (χ4n) is 2.93. The van der Waals surface area contributed by atoms with E-state index in [4.69, 9.17) is 44.9 Å². The fraction of sp³-hybridized carbons (Fsp3) is 0.190. The third kappa shape index (κ3) is 4.87. The van der Waals surface area contributed by atoms with Gasteiger partial charge in [0.1, 0.15) is 5.57 Å². The Balaban J connectivity index is 2.07. The summed E-state index contributed by atoms with van der Waals surface area (Å²) >= 11 is 21.0. The summed E-state index contributed by atoms with van der Waals surface area (Å²) in [6.07, 6.45) is 1.45. The number of anilines is 1. The lowest BCUT2D eigenvalue weighted by atomic mass is 10.1. The molecule has 0 spiro atoms. The smallest absolute Gasteiger partial charge is 0.270 e. The molecule has 1 heterocycles. The van der Waals surface area contributed by atoms with Crippen LogP contribution in [0.15, 0.2) is 40.4 Å². The molecule has 0 atom stereocenters. The molecule has 0 unspecified atom stereocenters. The van der Waals surface area contributed by atoms with Crippen molar-refractivity contribution in [3.8, 4) is 11.5 Å². The zero-order valence-corrected chi connectivity index (χ0v) is 20.4. The van der Waals surface area contributed by atoms with Gasteiger partial charge < -0.3 is 9.47 Å². The number of hydrogen-bond acceptors (Lipinski definition) is 5. The van der Waals surface area contributed by atoms with E-state index in [2.05, 4.69) is 21.2 Å². The van der Waals surface area contributed by atoms with Gasteiger partial charge in [-0.1, -0.05) is 29.3 Å². The van der Waals surface area contributed by atoms with Crippen molar-refractivity contribution >= 4 is 80.0 Å². The van der Waals surface area contributed by atoms with E-state index >= 15 is 0 Å². The van der Waals surface area contributed by atoms with Gasteiger partial charge in [-0.3, -0.25) is 19.8 Å². The maximum absolute atomic E-state index is 13.2. The van der Waals surface area contributed by atoms with Gasteiger partial charge in [0.15, 0.2) is 16.6 Å². The van der Waals surface area contributed by atoms with Crippen LogP contribution in [-0.4, -0.2) is 30.1 Å². The highest BCUT2D eigenvalue weighted by Crippen LogP contribution is 2.38. The summed E-state index contributed by atoms with van der Waals surface area (Å²) in [5.74, 6) is -0.216. The van der Waals surface area contributed by atoms with E-state index in [1.807, 2.05) is 13.8 Å². The van der Waals surface area contributed by atoms with E-state index in [0.29, 0.717) is 34.7 Å². The Labute approximate surface area is 203 Å². The number of benzene rings is 2. The van der Waals surface area contributed by atoms with Crippen molar-refractivity contribution in [1.29, 1.82) is 0 Å². The molecule has 1 aliphatic rings. The predicted molar refractivity (Wildman–Crippen MR) is 129 cm³/mol. The molecule has 2 aromatic rings. The number of nitrogens with zero attached hydrogens (tertiary/aromatic N) is 1. The SMILES string of the molecule is CCOc1cc(/C=C2\C(=O)NC(=S)N(c3cccc(Cl)c3Cl)C2=O)cc(Br)c1OCC. The Morgan fingerprint density at radius 2 is 1.87 bits per heavy atom. The number of hydrogen-bond donors (Lipinski definition) is 1. The zero-order valence-electron chi connectivity index (χ0n) is 16.5. The average molecular weight is 544 g/mol. The van der Waals surface area contributed by atoms with Crippen LogP contribution in [0.3, 0.4) is 0 Å². The second-order valence-electron chi connectivity index (χ2n) is 6.23. The van der Waals surface area contributed by atoms with E-state index in [0.717, 1.165) is 4.90 Å². The average Bonchev–Trinajstić information content (AvgIpc) is 2.71. The number of ether oxygens (including phenoxy) is 2. The third-order valence-electron chi connectivity index (χ3n) is 4.21. The van der Waals surface area contributed by atoms with Gasteiger partial charge >= 0.3 is 0 Å². The maximum atomic E-state index is 13.2. The molecule has 10 heteroatoms. The molecule has 31 heavy (non-hydrogen) atoms. The highest BCUT2D eigenvalue weighted by atomic mass is 79.9. The van der Waals surface area contributed by atoms with Gasteiger partial charge in [-0.2, -0.15) is 0 Å². The molecule has 0 aromatic heterocycles. The van der Waals surface area contributed by atoms with Crippen molar-refractivity contribution in [1.82, 2.24) is 5.32 Å². The van der Waals surface area contributed by atoms with Gasteiger partial charge in [0.2, 0.25) is 0 Å². The van der Waals surface area contributed by atoms with Crippen LogP contribution in [0.1, 0.15) is 19.4 Å². The van der Waals surface area contributed by atoms with Gasteiger partial charge in [-0.15, -0.1) is 0 Å². The molecular weight excluding hydrogens is 527 g/mol. The van der Waals surface area contributed by atoms with E-state index in [1.165, 1.54) is 6.08 Å². The normalized spacial score (nSPS) is 15.3. The standard InChI is InChI=1S/C21H17BrCl2N2O4S/c1-3-29-16-10-11(9-13(22)18(16)30-4-2)8-12-19(27)25-21(31)26(20(12)28)15-7-5-6-14(23)17(15)24/h5-10H,3-4H2,1-2H3,(H,25,27,31)/b12-8+. The Hall–Kier alpha value is -2.13. The largest absolute Gasteiger partial charge is 0.490 e. The molecule has 1 aliphatic heterocycles. The van der Waals surface area contributed by atoms with E-state index in [9.17, 15) is 9.59 Å². The molecule has 3 rings (SSSR count). The van der Waals surface area contributed by atoms with Crippen LogP contribution in [0.25, 0.3) is 6.08 Å². The predicted octanol–water partition coefficient (Wildman–Crippen LogP) is 5.38. The van der Waals surface area contributed by atoms with E-state index in [1.54, 1.807) is 30.3 Å². The first-order valence-corrected chi connectivity index (χ1v) is 11.2. The van der Waals surface area contributed by atoms with Crippen LogP contribution in [0.5, 0.6) is 11.5 Å². The highest BCUT2D eigenvalue weighted by Gasteiger charge is 2.35. The quantitative estimate of drug-likeness (QED) is 0.301. The Morgan fingerprint density at radius 3 is 2.55 bits per heavy atom. The van der Waals surface area contributed by atoms with Gasteiger partial charge in [-0.05, 0) is 77.9 Å². The molecule has 0 aliphatic carbocycles. The minimum absolute atomic E-state index is 0.0841. The molecule has 6 nitrogen and oxygen atoms in total. The summed E-state index contributed by atoms with van der Waals surface area (Å²) in [7, 11) is 0. The Bertz CT molecular complexity index is 1110. The first-order chi connectivity index (χ1) is 14.8. The lowest BCUT2D eigenvalue weighted by Crippen LogP contribution is -2.54. The molecule has 0 radical (unpaired) electrons. The molecule has 1 fully saturated rings. The minimum Gasteiger partial charge on any atom is -0.490 e. The molecular formula is C21H17BrCl2N2O4S. The molecule has 1 N–H and O–H groups in total. The number of carbonyl (C=O) groups excluding carboxylic acids is 2. The number of thiocarbonyl (C=S) groups is 1. The summed E-state index contributed by atoms with van der Waals surface area (Å²) in [4.78, 5) is 26.9. The third-order valence-corrected chi connectivity index (χ3v) is 5.89. The molecule has 1 saturated heterocycles.